The second-order valence-corrected chi connectivity index (χ2v) is 9.98. The highest BCUT2D eigenvalue weighted by Gasteiger charge is 2.27. The van der Waals surface area contributed by atoms with Gasteiger partial charge in [-0.2, -0.15) is 5.10 Å². The number of fused-ring (bicyclic) bond motifs is 2. The molecule has 0 spiro atoms. The molecule has 1 aliphatic heterocycles. The maximum Gasteiger partial charge on any atom is 0.209 e. The van der Waals surface area contributed by atoms with Gasteiger partial charge in [0.25, 0.3) is 0 Å². The molecule has 0 bridgehead atoms. The fourth-order valence-corrected chi connectivity index (χ4v) is 5.23. The Morgan fingerprint density at radius 1 is 1.17 bits per heavy atom. The highest BCUT2D eigenvalue weighted by molar-refractivity contribution is 7.99. The molecule has 0 fully saturated rings. The lowest BCUT2D eigenvalue weighted by atomic mass is 10.1. The normalized spacial score (nSPS) is 13.2. The number of nitrogens with zero attached hydrogens (tertiary/aromatic N) is 4. The van der Waals surface area contributed by atoms with Crippen LogP contribution in [0.2, 0.25) is 0 Å². The summed E-state index contributed by atoms with van der Waals surface area (Å²) in [6, 6.07) is 8.01. The fraction of sp³-hybridized carbons (Fsp3) is 0.400. The highest BCUT2D eigenvalue weighted by atomic mass is 32.2. The predicted octanol–water partition coefficient (Wildman–Crippen LogP) is 2.95. The Kier molecular flexibility index (Phi) is 5.65. The summed E-state index contributed by atoms with van der Waals surface area (Å²) in [5, 5.41) is 5.99. The quantitative estimate of drug-likeness (QED) is 0.462. The van der Waals surface area contributed by atoms with Crippen molar-refractivity contribution >= 4 is 32.7 Å². The SMILES string of the molecule is CCN(CC)CCn1nc2c3c(c(CNS(C)(=O)=O)ccc31)Sc1cccnc1-2. The highest BCUT2D eigenvalue weighted by Crippen LogP contribution is 2.47. The number of hydrogen-bond acceptors (Lipinski definition) is 6. The molecule has 154 valence electrons. The largest absolute Gasteiger partial charge is 0.302 e. The first kappa shape index (κ1) is 20.3. The van der Waals surface area contributed by atoms with E-state index >= 15 is 0 Å². The Balaban J connectivity index is 1.81. The van der Waals surface area contributed by atoms with Gasteiger partial charge in [0.1, 0.15) is 11.4 Å². The summed E-state index contributed by atoms with van der Waals surface area (Å²) in [4.78, 5) is 9.06. The van der Waals surface area contributed by atoms with Crippen molar-refractivity contribution in [3.05, 3.63) is 36.0 Å². The lowest BCUT2D eigenvalue weighted by Gasteiger charge is -2.18. The Labute approximate surface area is 175 Å². The van der Waals surface area contributed by atoms with E-state index in [4.69, 9.17) is 5.10 Å². The number of sulfonamides is 1. The smallest absolute Gasteiger partial charge is 0.209 e. The van der Waals surface area contributed by atoms with E-state index < -0.39 is 10.0 Å². The van der Waals surface area contributed by atoms with Crippen LogP contribution < -0.4 is 4.72 Å². The summed E-state index contributed by atoms with van der Waals surface area (Å²) in [7, 11) is -3.27. The molecular weight excluding hydrogens is 406 g/mol. The van der Waals surface area contributed by atoms with Gasteiger partial charge in [0.05, 0.1) is 18.3 Å². The van der Waals surface area contributed by atoms with E-state index in [0.29, 0.717) is 0 Å². The number of aromatic nitrogens is 3. The standard InChI is InChI=1S/C20H25N5O2S2/c1-4-24(5-2)11-12-25-15-9-8-14(13-22-29(3,26)27)20-17(15)19(23-25)18-16(28-20)7-6-10-21-18/h6-10,22H,4-5,11-13H2,1-3H3. The summed E-state index contributed by atoms with van der Waals surface area (Å²) in [6.45, 7) is 8.34. The molecule has 1 N–H and O–H groups in total. The van der Waals surface area contributed by atoms with E-state index in [2.05, 4.69) is 33.1 Å². The molecule has 0 unspecified atom stereocenters. The van der Waals surface area contributed by atoms with Crippen molar-refractivity contribution in [2.75, 3.05) is 25.9 Å². The van der Waals surface area contributed by atoms with Crippen molar-refractivity contribution in [3.8, 4) is 11.4 Å². The molecule has 7 nitrogen and oxygen atoms in total. The third-order valence-corrected chi connectivity index (χ3v) is 7.10. The maximum atomic E-state index is 11.6. The molecule has 29 heavy (non-hydrogen) atoms. The summed E-state index contributed by atoms with van der Waals surface area (Å²) < 4.78 is 27.9. The van der Waals surface area contributed by atoms with E-state index in [1.54, 1.807) is 18.0 Å². The Hall–Kier alpha value is -1.94. The van der Waals surface area contributed by atoms with E-state index in [-0.39, 0.29) is 6.54 Å². The molecule has 4 rings (SSSR count). The van der Waals surface area contributed by atoms with Gasteiger partial charge >= 0.3 is 0 Å². The Morgan fingerprint density at radius 2 is 1.97 bits per heavy atom. The third-order valence-electron chi connectivity index (χ3n) is 5.21. The minimum atomic E-state index is -3.27. The van der Waals surface area contributed by atoms with Gasteiger partial charge in [-0.1, -0.05) is 31.7 Å². The molecule has 3 heterocycles. The number of pyridine rings is 1. The minimum absolute atomic E-state index is 0.261. The number of likely N-dealkylation sites (N-methyl/N-ethyl adjacent to an activating group) is 1. The van der Waals surface area contributed by atoms with Crippen LogP contribution in [0.3, 0.4) is 0 Å². The van der Waals surface area contributed by atoms with E-state index in [1.807, 2.05) is 24.3 Å². The zero-order chi connectivity index (χ0) is 20.6. The van der Waals surface area contributed by atoms with Gasteiger partial charge < -0.3 is 4.90 Å². The van der Waals surface area contributed by atoms with Gasteiger partial charge in [0, 0.05) is 34.5 Å². The first-order chi connectivity index (χ1) is 13.9. The molecule has 1 aromatic carbocycles. The lowest BCUT2D eigenvalue weighted by molar-refractivity contribution is 0.287. The number of nitrogens with one attached hydrogen (secondary N) is 1. The van der Waals surface area contributed by atoms with Crippen molar-refractivity contribution < 1.29 is 8.42 Å². The molecule has 9 heteroatoms. The fourth-order valence-electron chi connectivity index (χ4n) is 3.62. The zero-order valence-electron chi connectivity index (χ0n) is 16.8. The van der Waals surface area contributed by atoms with Crippen LogP contribution in [0.5, 0.6) is 0 Å². The summed E-state index contributed by atoms with van der Waals surface area (Å²) >= 11 is 1.64. The zero-order valence-corrected chi connectivity index (χ0v) is 18.5. The van der Waals surface area contributed by atoms with Gasteiger partial charge in [-0.3, -0.25) is 9.67 Å². The first-order valence-electron chi connectivity index (χ1n) is 9.74. The van der Waals surface area contributed by atoms with Crippen LogP contribution in [0.1, 0.15) is 19.4 Å². The van der Waals surface area contributed by atoms with Gasteiger partial charge in [-0.15, -0.1) is 0 Å². The second kappa shape index (κ2) is 8.06. The van der Waals surface area contributed by atoms with Gasteiger partial charge in [-0.25, -0.2) is 13.1 Å². The van der Waals surface area contributed by atoms with Crippen molar-refractivity contribution in [3.63, 3.8) is 0 Å². The average molecular weight is 432 g/mol. The minimum Gasteiger partial charge on any atom is -0.302 e. The molecule has 0 aliphatic carbocycles. The molecule has 2 aromatic heterocycles. The van der Waals surface area contributed by atoms with Crippen LogP contribution in [0.15, 0.2) is 40.3 Å². The Morgan fingerprint density at radius 3 is 2.69 bits per heavy atom. The van der Waals surface area contributed by atoms with Crippen molar-refractivity contribution in [1.82, 2.24) is 24.4 Å². The molecular formula is C20H25N5O2S2. The van der Waals surface area contributed by atoms with Crippen LogP contribution in [0.25, 0.3) is 22.3 Å². The topological polar surface area (TPSA) is 80.1 Å². The van der Waals surface area contributed by atoms with E-state index in [9.17, 15) is 8.42 Å². The van der Waals surface area contributed by atoms with Gasteiger partial charge in [-0.05, 0) is 36.9 Å². The first-order valence-corrected chi connectivity index (χ1v) is 12.4. The number of rotatable bonds is 8. The molecule has 0 saturated carbocycles. The monoisotopic (exact) mass is 431 g/mol. The van der Waals surface area contributed by atoms with Gasteiger partial charge in [0.2, 0.25) is 10.0 Å². The molecule has 0 radical (unpaired) electrons. The van der Waals surface area contributed by atoms with Crippen molar-refractivity contribution in [2.45, 2.75) is 36.7 Å². The molecule has 0 atom stereocenters. The third kappa shape index (κ3) is 4.05. The maximum absolute atomic E-state index is 11.6. The van der Waals surface area contributed by atoms with Crippen LogP contribution in [0.4, 0.5) is 0 Å². The number of benzene rings is 1. The summed E-state index contributed by atoms with van der Waals surface area (Å²) in [6.07, 6.45) is 2.97. The van der Waals surface area contributed by atoms with Crippen LogP contribution >= 0.6 is 11.8 Å². The van der Waals surface area contributed by atoms with Gasteiger partial charge in [0.15, 0.2) is 0 Å². The van der Waals surface area contributed by atoms with Crippen LogP contribution in [-0.4, -0.2) is 54.0 Å². The average Bonchev–Trinajstić information content (AvgIpc) is 3.07. The molecule has 1 aliphatic rings. The molecule has 3 aromatic rings. The summed E-state index contributed by atoms with van der Waals surface area (Å²) in [5.41, 5.74) is 3.79. The van der Waals surface area contributed by atoms with Crippen LogP contribution in [0, 0.1) is 0 Å². The van der Waals surface area contributed by atoms with E-state index in [1.165, 1.54) is 6.26 Å². The van der Waals surface area contributed by atoms with Crippen molar-refractivity contribution in [1.29, 1.82) is 0 Å². The van der Waals surface area contributed by atoms with Crippen LogP contribution in [-0.2, 0) is 23.1 Å². The summed E-state index contributed by atoms with van der Waals surface area (Å²) in [5.74, 6) is 0. The molecule has 0 amide bonds. The second-order valence-electron chi connectivity index (χ2n) is 7.09. The molecule has 0 saturated heterocycles. The number of hydrogen-bond donors (Lipinski definition) is 1. The van der Waals surface area contributed by atoms with Crippen molar-refractivity contribution in [2.24, 2.45) is 0 Å². The van der Waals surface area contributed by atoms with E-state index in [0.717, 1.165) is 63.8 Å². The lowest BCUT2D eigenvalue weighted by Crippen LogP contribution is -2.27. The Bertz CT molecular complexity index is 1150. The predicted molar refractivity (Wildman–Crippen MR) is 117 cm³/mol.